The number of allylic oxidation sites excluding steroid dienone is 3. The molecule has 0 aliphatic rings. The third-order valence-electron chi connectivity index (χ3n) is 5.07. The normalized spacial score (nSPS) is 11.2. The number of benzene rings is 2. The average molecular weight is 444 g/mol. The molecule has 172 valence electrons. The van der Waals surface area contributed by atoms with Gasteiger partial charge in [0.1, 0.15) is 11.6 Å². The first kappa shape index (κ1) is 24.0. The number of hydrogen-bond donors (Lipinski definition) is 2. The van der Waals surface area contributed by atoms with Gasteiger partial charge in [-0.1, -0.05) is 61.6 Å². The Bertz CT molecular complexity index is 1080. The second kappa shape index (κ2) is 13.0. The molecule has 0 aliphatic heterocycles. The van der Waals surface area contributed by atoms with Crippen LogP contribution in [-0.4, -0.2) is 28.6 Å². The highest BCUT2D eigenvalue weighted by molar-refractivity contribution is 5.58. The molecule has 0 unspecified atom stereocenters. The maximum atomic E-state index is 5.33. The van der Waals surface area contributed by atoms with E-state index >= 15 is 0 Å². The maximum Gasteiger partial charge on any atom is 0.232 e. The number of aromatic nitrogens is 3. The van der Waals surface area contributed by atoms with Crippen molar-refractivity contribution in [2.45, 2.75) is 39.5 Å². The van der Waals surface area contributed by atoms with Gasteiger partial charge < -0.3 is 15.4 Å². The molecule has 3 rings (SSSR count). The predicted octanol–water partition coefficient (Wildman–Crippen LogP) is 6.04. The number of aryl methyl sites for hydroxylation is 3. The van der Waals surface area contributed by atoms with Crippen LogP contribution in [0.3, 0.4) is 0 Å². The van der Waals surface area contributed by atoms with Crippen LogP contribution in [0, 0.1) is 6.92 Å². The molecule has 0 saturated heterocycles. The number of nitrogens with one attached hydrogen (secondary N) is 2. The quantitative estimate of drug-likeness (QED) is 0.332. The van der Waals surface area contributed by atoms with Gasteiger partial charge in [0.2, 0.25) is 11.9 Å². The highest BCUT2D eigenvalue weighted by atomic mass is 16.5. The van der Waals surface area contributed by atoms with Crippen LogP contribution in [0.5, 0.6) is 5.75 Å². The number of methoxy groups -OCH3 is 1. The summed E-state index contributed by atoms with van der Waals surface area (Å²) in [7, 11) is 1.69. The van der Waals surface area contributed by atoms with Crippen molar-refractivity contribution in [2.24, 2.45) is 0 Å². The Morgan fingerprint density at radius 1 is 0.909 bits per heavy atom. The van der Waals surface area contributed by atoms with E-state index in [-0.39, 0.29) is 0 Å². The molecule has 0 aliphatic carbocycles. The standard InChI is InChI=1S/C27H33N5O/c1-4-5-6-7-10-19-28-26-30-25(18-12-15-22-14-11-16-23(20-22)33-3)31-27(32-26)29-24-17-9-8-13-21(24)2/h5-11,13-14,16-17,20H,4,12,15,18-19H2,1-3H3,(H2,28,29,30,31,32). The van der Waals surface area contributed by atoms with E-state index in [4.69, 9.17) is 4.74 Å². The first-order chi connectivity index (χ1) is 16.2. The Morgan fingerprint density at radius 3 is 2.55 bits per heavy atom. The number of rotatable bonds is 12. The van der Waals surface area contributed by atoms with Crippen molar-refractivity contribution >= 4 is 17.6 Å². The lowest BCUT2D eigenvalue weighted by molar-refractivity contribution is 0.414. The van der Waals surface area contributed by atoms with Crippen molar-refractivity contribution in [1.29, 1.82) is 0 Å². The van der Waals surface area contributed by atoms with Gasteiger partial charge in [0.15, 0.2) is 0 Å². The number of nitrogens with zero attached hydrogens (tertiary/aromatic N) is 3. The second-order valence-corrected chi connectivity index (χ2v) is 7.69. The van der Waals surface area contributed by atoms with Gasteiger partial charge in [-0.3, -0.25) is 0 Å². The molecule has 6 nitrogen and oxygen atoms in total. The minimum absolute atomic E-state index is 0.549. The predicted molar refractivity (Wildman–Crippen MR) is 136 cm³/mol. The third kappa shape index (κ3) is 8.07. The Labute approximate surface area is 196 Å². The minimum Gasteiger partial charge on any atom is -0.497 e. The van der Waals surface area contributed by atoms with E-state index < -0.39 is 0 Å². The molecule has 0 fully saturated rings. The third-order valence-corrected chi connectivity index (χ3v) is 5.07. The van der Waals surface area contributed by atoms with Crippen LogP contribution >= 0.6 is 0 Å². The molecule has 33 heavy (non-hydrogen) atoms. The van der Waals surface area contributed by atoms with E-state index in [0.717, 1.165) is 48.5 Å². The van der Waals surface area contributed by atoms with Crippen molar-refractivity contribution in [2.75, 3.05) is 24.3 Å². The summed E-state index contributed by atoms with van der Waals surface area (Å²) in [4.78, 5) is 13.9. The molecule has 3 aromatic rings. The average Bonchev–Trinajstić information content (AvgIpc) is 2.83. The molecule has 1 aromatic heterocycles. The van der Waals surface area contributed by atoms with Gasteiger partial charge in [-0.15, -0.1) is 0 Å². The molecule has 0 atom stereocenters. The lowest BCUT2D eigenvalue weighted by Gasteiger charge is -2.11. The molecular formula is C27H33N5O. The summed E-state index contributed by atoms with van der Waals surface area (Å²) in [6.07, 6.45) is 11.9. The summed E-state index contributed by atoms with van der Waals surface area (Å²) in [6, 6.07) is 16.3. The molecule has 0 radical (unpaired) electrons. The first-order valence-electron chi connectivity index (χ1n) is 11.4. The molecule has 0 saturated carbocycles. The zero-order valence-corrected chi connectivity index (χ0v) is 19.7. The molecular weight excluding hydrogens is 410 g/mol. The SMILES string of the molecule is CCC=CC=CCNc1nc(CCCc2cccc(OC)c2)nc(Nc2ccccc2C)n1. The highest BCUT2D eigenvalue weighted by Crippen LogP contribution is 2.19. The van der Waals surface area contributed by atoms with Gasteiger partial charge in [-0.25, -0.2) is 0 Å². The maximum absolute atomic E-state index is 5.33. The monoisotopic (exact) mass is 443 g/mol. The Morgan fingerprint density at radius 2 is 1.73 bits per heavy atom. The number of para-hydroxylation sites is 1. The lowest BCUT2D eigenvalue weighted by Crippen LogP contribution is -2.10. The molecule has 0 spiro atoms. The minimum atomic E-state index is 0.549. The summed E-state index contributed by atoms with van der Waals surface area (Å²) in [5.41, 5.74) is 3.37. The molecule has 0 bridgehead atoms. The fourth-order valence-corrected chi connectivity index (χ4v) is 3.29. The van der Waals surface area contributed by atoms with E-state index in [1.54, 1.807) is 7.11 Å². The number of anilines is 3. The van der Waals surface area contributed by atoms with Crippen LogP contribution in [0.25, 0.3) is 0 Å². The van der Waals surface area contributed by atoms with E-state index in [1.807, 2.05) is 48.6 Å². The summed E-state index contributed by atoms with van der Waals surface area (Å²) in [5.74, 6) is 2.77. The van der Waals surface area contributed by atoms with Crippen molar-refractivity contribution < 1.29 is 4.74 Å². The van der Waals surface area contributed by atoms with Crippen LogP contribution in [0.2, 0.25) is 0 Å². The van der Waals surface area contributed by atoms with E-state index in [2.05, 4.69) is 63.7 Å². The van der Waals surface area contributed by atoms with Crippen molar-refractivity contribution in [3.05, 3.63) is 89.8 Å². The van der Waals surface area contributed by atoms with Crippen molar-refractivity contribution in [3.63, 3.8) is 0 Å². The molecule has 2 aromatic carbocycles. The fourth-order valence-electron chi connectivity index (χ4n) is 3.29. The van der Waals surface area contributed by atoms with Crippen molar-refractivity contribution in [1.82, 2.24) is 15.0 Å². The van der Waals surface area contributed by atoms with Gasteiger partial charge in [-0.05, 0) is 55.5 Å². The fraction of sp³-hybridized carbons (Fsp3) is 0.296. The van der Waals surface area contributed by atoms with Gasteiger partial charge in [-0.2, -0.15) is 15.0 Å². The summed E-state index contributed by atoms with van der Waals surface area (Å²) < 4.78 is 5.33. The molecule has 6 heteroatoms. The smallest absolute Gasteiger partial charge is 0.232 e. The zero-order chi connectivity index (χ0) is 23.3. The van der Waals surface area contributed by atoms with E-state index in [1.165, 1.54) is 5.56 Å². The zero-order valence-electron chi connectivity index (χ0n) is 19.7. The summed E-state index contributed by atoms with van der Waals surface area (Å²) in [5, 5.41) is 6.63. The Hall–Kier alpha value is -3.67. The van der Waals surface area contributed by atoms with Gasteiger partial charge in [0.05, 0.1) is 7.11 Å². The molecule has 2 N–H and O–H groups in total. The molecule has 0 amide bonds. The van der Waals surface area contributed by atoms with Crippen LogP contribution in [0.4, 0.5) is 17.6 Å². The van der Waals surface area contributed by atoms with Crippen LogP contribution in [0.15, 0.2) is 72.8 Å². The van der Waals surface area contributed by atoms with Crippen LogP contribution in [0.1, 0.15) is 36.7 Å². The second-order valence-electron chi connectivity index (χ2n) is 7.69. The Kier molecular flexibility index (Phi) is 9.45. The van der Waals surface area contributed by atoms with Crippen molar-refractivity contribution in [3.8, 4) is 5.75 Å². The first-order valence-corrected chi connectivity index (χ1v) is 11.4. The van der Waals surface area contributed by atoms with Crippen LogP contribution in [-0.2, 0) is 12.8 Å². The van der Waals surface area contributed by atoms with Gasteiger partial charge in [0.25, 0.3) is 0 Å². The summed E-state index contributed by atoms with van der Waals surface area (Å²) in [6.45, 7) is 4.82. The van der Waals surface area contributed by atoms with Gasteiger partial charge >= 0.3 is 0 Å². The van der Waals surface area contributed by atoms with E-state index in [9.17, 15) is 0 Å². The Balaban J connectivity index is 1.70. The topological polar surface area (TPSA) is 72.0 Å². The largest absolute Gasteiger partial charge is 0.497 e. The lowest BCUT2D eigenvalue weighted by atomic mass is 10.1. The highest BCUT2D eigenvalue weighted by Gasteiger charge is 2.08. The van der Waals surface area contributed by atoms with Gasteiger partial charge in [0, 0.05) is 18.7 Å². The number of ether oxygens (including phenoxy) is 1. The number of hydrogen-bond acceptors (Lipinski definition) is 6. The molecule has 1 heterocycles. The van der Waals surface area contributed by atoms with E-state index in [0.29, 0.717) is 18.4 Å². The van der Waals surface area contributed by atoms with Crippen LogP contribution < -0.4 is 15.4 Å². The summed E-state index contributed by atoms with van der Waals surface area (Å²) >= 11 is 0.